The van der Waals surface area contributed by atoms with Gasteiger partial charge in [-0.15, -0.1) is 0 Å². The van der Waals surface area contributed by atoms with Crippen LogP contribution in [-0.2, 0) is 29.5 Å². The molecule has 0 fully saturated rings. The Labute approximate surface area is 168 Å². The fourth-order valence-electron chi connectivity index (χ4n) is 2.33. The lowest BCUT2D eigenvalue weighted by atomic mass is 9.91. The quantitative estimate of drug-likeness (QED) is 0.511. The molecule has 0 saturated heterocycles. The Bertz CT molecular complexity index is 795. The molecule has 1 N–H and O–H groups in total. The Balaban J connectivity index is 2.36. The molecule has 0 aromatic heterocycles. The van der Waals surface area contributed by atoms with Crippen molar-refractivity contribution in [1.29, 1.82) is 0 Å². The second kappa shape index (κ2) is 8.41. The van der Waals surface area contributed by atoms with E-state index in [2.05, 4.69) is 21.2 Å². The molecule has 1 aromatic carbocycles. The number of amides is 1. The lowest BCUT2D eigenvalue weighted by Crippen LogP contribution is -2.32. The summed E-state index contributed by atoms with van der Waals surface area (Å²) in [7, 11) is 0. The van der Waals surface area contributed by atoms with Crippen LogP contribution in [0.15, 0.2) is 29.8 Å². The summed E-state index contributed by atoms with van der Waals surface area (Å²) in [5.41, 5.74) is -1.11. The first kappa shape index (κ1) is 20.7. The van der Waals surface area contributed by atoms with E-state index in [9.17, 15) is 14.4 Å². The zero-order chi connectivity index (χ0) is 19.5. The van der Waals surface area contributed by atoms with Crippen LogP contribution >= 0.6 is 39.1 Å². The van der Waals surface area contributed by atoms with E-state index in [0.717, 1.165) is 6.92 Å². The molecule has 1 aliphatic rings. The number of alkyl halides is 1. The van der Waals surface area contributed by atoms with E-state index in [0.29, 0.717) is 22.3 Å². The van der Waals surface area contributed by atoms with Crippen LogP contribution in [0.1, 0.15) is 32.3 Å². The van der Waals surface area contributed by atoms with Gasteiger partial charge in [-0.1, -0.05) is 45.2 Å². The van der Waals surface area contributed by atoms with Gasteiger partial charge in [0.25, 0.3) is 5.78 Å². The van der Waals surface area contributed by atoms with Crippen molar-refractivity contribution in [3.8, 4) is 0 Å². The Kier molecular flexibility index (Phi) is 6.71. The van der Waals surface area contributed by atoms with Gasteiger partial charge in [-0.25, -0.2) is 0 Å². The largest absolute Gasteiger partial charge is 0.456 e. The van der Waals surface area contributed by atoms with Crippen molar-refractivity contribution in [3.05, 3.63) is 45.5 Å². The molecule has 1 unspecified atom stereocenters. The number of rotatable bonds is 6. The molecule has 0 aliphatic carbocycles. The lowest BCUT2D eigenvalue weighted by Gasteiger charge is -2.24. The molecule has 6 nitrogen and oxygen atoms in total. The van der Waals surface area contributed by atoms with Crippen molar-refractivity contribution in [3.63, 3.8) is 0 Å². The average molecular weight is 465 g/mol. The number of ketones is 1. The fraction of sp³-hybridized carbons (Fsp3) is 0.353. The number of hydrogen-bond acceptors (Lipinski definition) is 5. The standard InChI is InChI=1S/C17H16BrCl2NO5/c1-9(22)25-14-15(24)17(2,10-5-6-11(19)12(20)8-10)26-16(14)21-13(23)4-3-7-18/h5-6,8H,3-4,7H2,1-2H3,(H,21,23). The van der Waals surface area contributed by atoms with Gasteiger partial charge in [0.15, 0.2) is 5.60 Å². The van der Waals surface area contributed by atoms with Crippen molar-refractivity contribution in [2.45, 2.75) is 32.3 Å². The third-order valence-electron chi connectivity index (χ3n) is 3.66. The van der Waals surface area contributed by atoms with Gasteiger partial charge in [0.2, 0.25) is 17.5 Å². The third-order valence-corrected chi connectivity index (χ3v) is 4.96. The van der Waals surface area contributed by atoms with Crippen LogP contribution in [0.5, 0.6) is 0 Å². The summed E-state index contributed by atoms with van der Waals surface area (Å²) in [6, 6.07) is 4.59. The number of ether oxygens (including phenoxy) is 2. The zero-order valence-electron chi connectivity index (χ0n) is 14.0. The van der Waals surface area contributed by atoms with Gasteiger partial charge in [0.05, 0.1) is 10.0 Å². The number of carbonyl (C=O) groups is 3. The average Bonchev–Trinajstić information content (AvgIpc) is 2.80. The van der Waals surface area contributed by atoms with E-state index in [1.165, 1.54) is 19.1 Å². The van der Waals surface area contributed by atoms with Crippen molar-refractivity contribution in [1.82, 2.24) is 5.32 Å². The van der Waals surface area contributed by atoms with Gasteiger partial charge in [-0.3, -0.25) is 19.7 Å². The molecule has 1 aromatic rings. The third kappa shape index (κ3) is 4.39. The maximum Gasteiger partial charge on any atom is 0.308 e. The van der Waals surface area contributed by atoms with E-state index in [1.807, 2.05) is 0 Å². The number of hydrogen-bond donors (Lipinski definition) is 1. The smallest absolute Gasteiger partial charge is 0.308 e. The minimum Gasteiger partial charge on any atom is -0.456 e. The summed E-state index contributed by atoms with van der Waals surface area (Å²) < 4.78 is 10.7. The van der Waals surface area contributed by atoms with Gasteiger partial charge >= 0.3 is 5.97 Å². The minimum atomic E-state index is -1.52. The molecule has 1 atom stereocenters. The Hall–Kier alpha value is -1.57. The SMILES string of the molecule is CC(=O)OC1=C(NC(=O)CCCBr)OC(C)(c2ccc(Cl)c(Cl)c2)C1=O. The molecule has 26 heavy (non-hydrogen) atoms. The Morgan fingerprint density at radius 2 is 2.00 bits per heavy atom. The molecule has 0 saturated carbocycles. The van der Waals surface area contributed by atoms with Gasteiger partial charge < -0.3 is 9.47 Å². The van der Waals surface area contributed by atoms with E-state index >= 15 is 0 Å². The second-order valence-corrected chi connectivity index (χ2v) is 7.29. The first-order valence-electron chi connectivity index (χ1n) is 7.67. The number of Topliss-reactive ketones (excluding diaryl/α,β-unsaturated/α-hetero) is 1. The number of carbonyl (C=O) groups excluding carboxylic acids is 3. The lowest BCUT2D eigenvalue weighted by molar-refractivity contribution is -0.142. The second-order valence-electron chi connectivity index (χ2n) is 5.69. The number of halogens is 3. The summed E-state index contributed by atoms with van der Waals surface area (Å²) in [6.45, 7) is 2.65. The van der Waals surface area contributed by atoms with Crippen LogP contribution in [0, 0.1) is 0 Å². The van der Waals surface area contributed by atoms with Crippen LogP contribution in [0.4, 0.5) is 0 Å². The topological polar surface area (TPSA) is 81.7 Å². The van der Waals surface area contributed by atoms with E-state index in [1.54, 1.807) is 6.07 Å². The number of esters is 1. The molecular weight excluding hydrogens is 449 g/mol. The molecule has 2 rings (SSSR count). The van der Waals surface area contributed by atoms with Crippen LogP contribution in [-0.4, -0.2) is 23.0 Å². The molecule has 1 heterocycles. The van der Waals surface area contributed by atoms with Gasteiger partial charge in [0, 0.05) is 24.2 Å². The fourth-order valence-corrected chi connectivity index (χ4v) is 2.91. The summed E-state index contributed by atoms with van der Waals surface area (Å²) in [6.07, 6.45) is 0.809. The predicted molar refractivity (Wildman–Crippen MR) is 99.9 cm³/mol. The first-order chi connectivity index (χ1) is 12.2. The van der Waals surface area contributed by atoms with E-state index in [-0.39, 0.29) is 29.0 Å². The highest BCUT2D eigenvalue weighted by molar-refractivity contribution is 9.09. The monoisotopic (exact) mass is 463 g/mol. The first-order valence-corrected chi connectivity index (χ1v) is 9.54. The highest BCUT2D eigenvalue weighted by Crippen LogP contribution is 2.40. The molecule has 140 valence electrons. The number of benzene rings is 1. The van der Waals surface area contributed by atoms with E-state index < -0.39 is 17.4 Å². The molecule has 1 amide bonds. The normalized spacial score (nSPS) is 19.3. The Morgan fingerprint density at radius 3 is 2.58 bits per heavy atom. The molecule has 0 radical (unpaired) electrons. The van der Waals surface area contributed by atoms with Gasteiger partial charge in [-0.2, -0.15) is 0 Å². The maximum absolute atomic E-state index is 12.9. The predicted octanol–water partition coefficient (Wildman–Crippen LogP) is 3.83. The van der Waals surface area contributed by atoms with Crippen molar-refractivity contribution >= 4 is 56.8 Å². The van der Waals surface area contributed by atoms with Crippen LogP contribution in [0.2, 0.25) is 10.0 Å². The van der Waals surface area contributed by atoms with Crippen LogP contribution in [0.3, 0.4) is 0 Å². The minimum absolute atomic E-state index is 0.196. The molecular formula is C17H16BrCl2NO5. The van der Waals surface area contributed by atoms with Gasteiger partial charge in [-0.05, 0) is 25.5 Å². The summed E-state index contributed by atoms with van der Waals surface area (Å²) >= 11 is 15.2. The highest BCUT2D eigenvalue weighted by atomic mass is 79.9. The summed E-state index contributed by atoms with van der Waals surface area (Å²) in [5, 5.41) is 3.70. The molecule has 0 bridgehead atoms. The molecule has 1 aliphatic heterocycles. The Morgan fingerprint density at radius 1 is 1.31 bits per heavy atom. The van der Waals surface area contributed by atoms with Crippen LogP contribution < -0.4 is 5.32 Å². The molecule has 0 spiro atoms. The van der Waals surface area contributed by atoms with E-state index in [4.69, 9.17) is 32.7 Å². The molecule has 9 heteroatoms. The van der Waals surface area contributed by atoms with Crippen LogP contribution in [0.25, 0.3) is 0 Å². The maximum atomic E-state index is 12.9. The van der Waals surface area contributed by atoms with Crippen molar-refractivity contribution in [2.24, 2.45) is 0 Å². The van der Waals surface area contributed by atoms with Gasteiger partial charge in [0.1, 0.15) is 0 Å². The number of nitrogens with one attached hydrogen (secondary N) is 1. The zero-order valence-corrected chi connectivity index (χ0v) is 17.1. The summed E-state index contributed by atoms with van der Waals surface area (Å²) in [5.74, 6) is -2.23. The highest BCUT2D eigenvalue weighted by Gasteiger charge is 2.50. The van der Waals surface area contributed by atoms with Crippen molar-refractivity contribution < 1.29 is 23.9 Å². The van der Waals surface area contributed by atoms with Crippen molar-refractivity contribution in [2.75, 3.05) is 5.33 Å². The summed E-state index contributed by atoms with van der Waals surface area (Å²) in [4.78, 5) is 36.2.